The van der Waals surface area contributed by atoms with Gasteiger partial charge in [0.15, 0.2) is 5.65 Å². The molecular weight excluding hydrogens is 356 g/mol. The fourth-order valence-electron chi connectivity index (χ4n) is 4.10. The molecule has 0 unspecified atom stereocenters. The zero-order valence-corrected chi connectivity index (χ0v) is 16.2. The van der Waals surface area contributed by atoms with E-state index in [1.165, 1.54) is 0 Å². The van der Waals surface area contributed by atoms with Crippen LogP contribution < -0.4 is 0 Å². The van der Waals surface area contributed by atoms with E-state index >= 15 is 0 Å². The van der Waals surface area contributed by atoms with E-state index in [1.807, 2.05) is 42.6 Å². The standard InChI is InChI=1S/C21H24N4O3/c1-13-16(7-8-19(26)24-11-9-15(10-12-24)21(27)28)14(2)25-20(22-13)17-5-3-4-6-18(17)23-25/h3-6,15H,7-12H2,1-2H3,(H,27,28). The predicted octanol–water partition coefficient (Wildman–Crippen LogP) is 2.76. The van der Waals surface area contributed by atoms with Gasteiger partial charge in [-0.1, -0.05) is 12.1 Å². The first-order valence-electron chi connectivity index (χ1n) is 9.70. The van der Waals surface area contributed by atoms with Crippen molar-refractivity contribution >= 4 is 28.4 Å². The number of carbonyl (C=O) groups is 2. The van der Waals surface area contributed by atoms with Crippen molar-refractivity contribution in [2.24, 2.45) is 5.92 Å². The molecule has 7 heteroatoms. The molecule has 1 saturated heterocycles. The van der Waals surface area contributed by atoms with Gasteiger partial charge in [-0.2, -0.15) is 5.10 Å². The summed E-state index contributed by atoms with van der Waals surface area (Å²) in [7, 11) is 0. The number of aryl methyl sites for hydroxylation is 2. The van der Waals surface area contributed by atoms with E-state index in [9.17, 15) is 9.59 Å². The van der Waals surface area contributed by atoms with Gasteiger partial charge >= 0.3 is 5.97 Å². The van der Waals surface area contributed by atoms with E-state index in [0.717, 1.165) is 33.5 Å². The number of aromatic nitrogens is 3. The Labute approximate surface area is 163 Å². The molecule has 0 bridgehead atoms. The second-order valence-electron chi connectivity index (χ2n) is 7.51. The molecule has 146 valence electrons. The van der Waals surface area contributed by atoms with Crippen LogP contribution >= 0.6 is 0 Å². The van der Waals surface area contributed by atoms with Crippen molar-refractivity contribution in [2.45, 2.75) is 39.5 Å². The predicted molar refractivity (Wildman–Crippen MR) is 105 cm³/mol. The van der Waals surface area contributed by atoms with Gasteiger partial charge in [-0.3, -0.25) is 9.59 Å². The van der Waals surface area contributed by atoms with Gasteiger partial charge in [0.05, 0.1) is 11.4 Å². The van der Waals surface area contributed by atoms with E-state index in [-0.39, 0.29) is 11.8 Å². The van der Waals surface area contributed by atoms with Crippen molar-refractivity contribution in [3.8, 4) is 0 Å². The van der Waals surface area contributed by atoms with Crippen LogP contribution in [0, 0.1) is 19.8 Å². The van der Waals surface area contributed by atoms with Gasteiger partial charge in [0.1, 0.15) is 0 Å². The molecule has 7 nitrogen and oxygen atoms in total. The van der Waals surface area contributed by atoms with Crippen LogP contribution in [-0.4, -0.2) is 49.6 Å². The number of benzene rings is 1. The molecule has 1 amide bonds. The monoisotopic (exact) mass is 380 g/mol. The summed E-state index contributed by atoms with van der Waals surface area (Å²) < 4.78 is 1.87. The number of carboxylic acids is 1. The number of carbonyl (C=O) groups excluding carboxylic acids is 1. The Kier molecular flexibility index (Phi) is 4.75. The van der Waals surface area contributed by atoms with Crippen molar-refractivity contribution < 1.29 is 14.7 Å². The van der Waals surface area contributed by atoms with Gasteiger partial charge in [0.25, 0.3) is 0 Å². The summed E-state index contributed by atoms with van der Waals surface area (Å²) >= 11 is 0. The first-order chi connectivity index (χ1) is 13.5. The van der Waals surface area contributed by atoms with Crippen LogP contribution in [0.5, 0.6) is 0 Å². The lowest BCUT2D eigenvalue weighted by Gasteiger charge is -2.30. The Morgan fingerprint density at radius 2 is 1.89 bits per heavy atom. The molecule has 1 fully saturated rings. The minimum atomic E-state index is -0.760. The minimum absolute atomic E-state index is 0.0772. The Morgan fingerprint density at radius 3 is 2.61 bits per heavy atom. The van der Waals surface area contributed by atoms with Crippen LogP contribution in [0.1, 0.15) is 36.2 Å². The Morgan fingerprint density at radius 1 is 1.18 bits per heavy atom. The van der Waals surface area contributed by atoms with Crippen LogP contribution in [0.2, 0.25) is 0 Å². The van der Waals surface area contributed by atoms with Crippen molar-refractivity contribution in [3.05, 3.63) is 41.2 Å². The topological polar surface area (TPSA) is 87.8 Å². The van der Waals surface area contributed by atoms with Crippen LogP contribution in [0.3, 0.4) is 0 Å². The smallest absolute Gasteiger partial charge is 0.306 e. The molecule has 0 aliphatic carbocycles. The number of likely N-dealkylation sites (tertiary alicyclic amines) is 1. The Hall–Kier alpha value is -2.96. The maximum atomic E-state index is 12.6. The van der Waals surface area contributed by atoms with Crippen LogP contribution in [0.15, 0.2) is 24.3 Å². The van der Waals surface area contributed by atoms with Gasteiger partial charge in [-0.15, -0.1) is 0 Å². The molecule has 28 heavy (non-hydrogen) atoms. The summed E-state index contributed by atoms with van der Waals surface area (Å²) in [6.07, 6.45) is 2.07. The molecular formula is C21H24N4O3. The summed E-state index contributed by atoms with van der Waals surface area (Å²) in [5, 5.41) is 14.8. The van der Waals surface area contributed by atoms with Gasteiger partial charge in [0, 0.05) is 36.3 Å². The molecule has 2 aromatic heterocycles. The zero-order valence-electron chi connectivity index (χ0n) is 16.2. The first-order valence-corrected chi connectivity index (χ1v) is 9.70. The second-order valence-corrected chi connectivity index (χ2v) is 7.51. The summed E-state index contributed by atoms with van der Waals surface area (Å²) in [5.74, 6) is -1.01. The molecule has 1 aromatic carbocycles. The lowest BCUT2D eigenvalue weighted by atomic mass is 9.96. The summed E-state index contributed by atoms with van der Waals surface area (Å²) in [6.45, 7) is 5.05. The number of amides is 1. The number of hydrogen-bond acceptors (Lipinski definition) is 4. The lowest BCUT2D eigenvalue weighted by molar-refractivity contribution is -0.145. The van der Waals surface area contributed by atoms with Gasteiger partial charge in [0.2, 0.25) is 5.91 Å². The average molecular weight is 380 g/mol. The largest absolute Gasteiger partial charge is 0.481 e. The molecule has 3 heterocycles. The SMILES string of the molecule is Cc1nc2c3ccccc3nn2c(C)c1CCC(=O)N1CCC(C(=O)O)CC1. The average Bonchev–Trinajstić information content (AvgIpc) is 3.06. The molecule has 0 saturated carbocycles. The van der Waals surface area contributed by atoms with Gasteiger partial charge in [-0.25, -0.2) is 9.50 Å². The summed E-state index contributed by atoms with van der Waals surface area (Å²) in [5.41, 5.74) is 4.74. The van der Waals surface area contributed by atoms with Crippen molar-refractivity contribution in [1.82, 2.24) is 19.5 Å². The first kappa shape index (κ1) is 18.4. The maximum Gasteiger partial charge on any atom is 0.306 e. The van der Waals surface area contributed by atoms with E-state index in [4.69, 9.17) is 10.1 Å². The van der Waals surface area contributed by atoms with Crippen LogP contribution in [0.4, 0.5) is 0 Å². The third-order valence-electron chi connectivity index (χ3n) is 5.80. The zero-order chi connectivity index (χ0) is 19.8. The minimum Gasteiger partial charge on any atom is -0.481 e. The number of carboxylic acid groups (broad SMARTS) is 1. The van der Waals surface area contributed by atoms with E-state index < -0.39 is 5.97 Å². The fourth-order valence-corrected chi connectivity index (χ4v) is 4.10. The molecule has 4 rings (SSSR count). The lowest BCUT2D eigenvalue weighted by Crippen LogP contribution is -2.40. The van der Waals surface area contributed by atoms with Crippen molar-refractivity contribution in [2.75, 3.05) is 13.1 Å². The maximum absolute atomic E-state index is 12.6. The molecule has 0 radical (unpaired) electrons. The van der Waals surface area contributed by atoms with E-state index in [0.29, 0.717) is 38.8 Å². The molecule has 1 aliphatic rings. The Balaban J connectivity index is 1.51. The molecule has 3 aromatic rings. The highest BCUT2D eigenvalue weighted by atomic mass is 16.4. The van der Waals surface area contributed by atoms with Crippen molar-refractivity contribution in [3.63, 3.8) is 0 Å². The number of hydrogen-bond donors (Lipinski definition) is 1. The molecule has 0 spiro atoms. The summed E-state index contributed by atoms with van der Waals surface area (Å²) in [6, 6.07) is 7.94. The third-order valence-corrected chi connectivity index (χ3v) is 5.80. The van der Waals surface area contributed by atoms with E-state index in [2.05, 4.69) is 5.10 Å². The summed E-state index contributed by atoms with van der Waals surface area (Å²) in [4.78, 5) is 30.2. The fraction of sp³-hybridized carbons (Fsp3) is 0.429. The number of aliphatic carboxylic acids is 1. The second kappa shape index (κ2) is 7.22. The quantitative estimate of drug-likeness (QED) is 0.752. The normalized spacial score (nSPS) is 15.4. The number of nitrogens with zero attached hydrogens (tertiary/aromatic N) is 4. The molecule has 1 aliphatic heterocycles. The molecule has 1 N–H and O–H groups in total. The highest BCUT2D eigenvalue weighted by molar-refractivity contribution is 5.92. The van der Waals surface area contributed by atoms with E-state index in [1.54, 1.807) is 4.90 Å². The van der Waals surface area contributed by atoms with Gasteiger partial charge in [-0.05, 0) is 50.8 Å². The van der Waals surface area contributed by atoms with Crippen molar-refractivity contribution in [1.29, 1.82) is 0 Å². The van der Waals surface area contributed by atoms with Crippen LogP contribution in [-0.2, 0) is 16.0 Å². The van der Waals surface area contributed by atoms with Crippen LogP contribution in [0.25, 0.3) is 16.6 Å². The van der Waals surface area contributed by atoms with Gasteiger partial charge < -0.3 is 10.0 Å². The molecule has 0 atom stereocenters. The highest BCUT2D eigenvalue weighted by Gasteiger charge is 2.27. The highest BCUT2D eigenvalue weighted by Crippen LogP contribution is 2.24. The Bertz CT molecular complexity index is 1060. The number of fused-ring (bicyclic) bond motifs is 3. The third kappa shape index (κ3) is 3.21. The number of rotatable bonds is 4. The number of piperidine rings is 1.